The first-order valence-electron chi connectivity index (χ1n) is 7.56. The highest BCUT2D eigenvalue weighted by Crippen LogP contribution is 2.25. The highest BCUT2D eigenvalue weighted by Gasteiger charge is 2.13. The SMILES string of the molecule is COCc1ccccc1CNC(=O)NC(C)c1ccc(Cl)cc1Cl. The van der Waals surface area contributed by atoms with Gasteiger partial charge in [-0.05, 0) is 35.7 Å². The van der Waals surface area contributed by atoms with Crippen molar-refractivity contribution in [2.45, 2.75) is 26.1 Å². The Balaban J connectivity index is 1.94. The fourth-order valence-corrected chi connectivity index (χ4v) is 2.95. The van der Waals surface area contributed by atoms with Crippen LogP contribution in [0.2, 0.25) is 10.0 Å². The monoisotopic (exact) mass is 366 g/mol. The van der Waals surface area contributed by atoms with Gasteiger partial charge in [0.15, 0.2) is 0 Å². The van der Waals surface area contributed by atoms with E-state index < -0.39 is 0 Å². The van der Waals surface area contributed by atoms with Crippen LogP contribution >= 0.6 is 23.2 Å². The second kappa shape index (κ2) is 8.92. The molecule has 0 fully saturated rings. The molecule has 0 bridgehead atoms. The van der Waals surface area contributed by atoms with Gasteiger partial charge in [-0.3, -0.25) is 0 Å². The van der Waals surface area contributed by atoms with Gasteiger partial charge in [-0.1, -0.05) is 53.5 Å². The molecule has 2 aromatic rings. The lowest BCUT2D eigenvalue weighted by Crippen LogP contribution is -2.36. The van der Waals surface area contributed by atoms with E-state index in [1.807, 2.05) is 37.3 Å². The lowest BCUT2D eigenvalue weighted by molar-refractivity contribution is 0.184. The number of ether oxygens (including phenoxy) is 1. The van der Waals surface area contributed by atoms with E-state index in [4.69, 9.17) is 27.9 Å². The molecule has 0 aliphatic heterocycles. The maximum Gasteiger partial charge on any atom is 0.315 e. The Morgan fingerprint density at radius 3 is 2.54 bits per heavy atom. The molecule has 0 aliphatic rings. The Labute approximate surface area is 152 Å². The summed E-state index contributed by atoms with van der Waals surface area (Å²) in [6.07, 6.45) is 0. The van der Waals surface area contributed by atoms with Crippen LogP contribution in [0.15, 0.2) is 42.5 Å². The molecule has 1 unspecified atom stereocenters. The second-order valence-electron chi connectivity index (χ2n) is 5.42. The van der Waals surface area contributed by atoms with Crippen molar-refractivity contribution in [3.05, 3.63) is 69.2 Å². The van der Waals surface area contributed by atoms with Gasteiger partial charge in [-0.2, -0.15) is 0 Å². The van der Waals surface area contributed by atoms with Crippen molar-refractivity contribution in [2.24, 2.45) is 0 Å². The van der Waals surface area contributed by atoms with E-state index >= 15 is 0 Å². The topological polar surface area (TPSA) is 50.4 Å². The average Bonchev–Trinajstić information content (AvgIpc) is 2.54. The first-order valence-corrected chi connectivity index (χ1v) is 8.32. The maximum atomic E-state index is 12.1. The third-order valence-corrected chi connectivity index (χ3v) is 4.20. The van der Waals surface area contributed by atoms with Crippen LogP contribution in [0.5, 0.6) is 0 Å². The Bertz CT molecular complexity index is 707. The van der Waals surface area contributed by atoms with Crippen molar-refractivity contribution >= 4 is 29.2 Å². The number of amides is 2. The summed E-state index contributed by atoms with van der Waals surface area (Å²) in [6, 6.07) is 12.6. The zero-order chi connectivity index (χ0) is 17.5. The first kappa shape index (κ1) is 18.6. The number of benzene rings is 2. The summed E-state index contributed by atoms with van der Waals surface area (Å²) in [5.41, 5.74) is 2.89. The summed E-state index contributed by atoms with van der Waals surface area (Å²) < 4.78 is 5.17. The Kier molecular flexibility index (Phi) is 6.91. The van der Waals surface area contributed by atoms with Crippen molar-refractivity contribution in [2.75, 3.05) is 7.11 Å². The molecular weight excluding hydrogens is 347 g/mol. The predicted molar refractivity (Wildman–Crippen MR) is 97.4 cm³/mol. The third-order valence-electron chi connectivity index (χ3n) is 3.63. The smallest absolute Gasteiger partial charge is 0.315 e. The third kappa shape index (κ3) is 5.13. The first-order chi connectivity index (χ1) is 11.5. The molecule has 2 amide bonds. The minimum atomic E-state index is -0.263. The number of urea groups is 1. The highest BCUT2D eigenvalue weighted by atomic mass is 35.5. The van der Waals surface area contributed by atoms with E-state index in [1.54, 1.807) is 19.2 Å². The molecule has 2 rings (SSSR count). The van der Waals surface area contributed by atoms with Crippen molar-refractivity contribution in [3.8, 4) is 0 Å². The number of rotatable bonds is 6. The molecule has 128 valence electrons. The number of carbonyl (C=O) groups excluding carboxylic acids is 1. The molecule has 0 heterocycles. The molecule has 0 saturated heterocycles. The highest BCUT2D eigenvalue weighted by molar-refractivity contribution is 6.35. The number of nitrogens with one attached hydrogen (secondary N) is 2. The number of methoxy groups -OCH3 is 1. The van der Waals surface area contributed by atoms with Gasteiger partial charge in [-0.15, -0.1) is 0 Å². The summed E-state index contributed by atoms with van der Waals surface area (Å²) in [6.45, 7) is 2.80. The standard InChI is InChI=1S/C18H20Cl2N2O2/c1-12(16-8-7-15(19)9-17(16)20)22-18(23)21-10-13-5-3-4-6-14(13)11-24-2/h3-9,12H,10-11H2,1-2H3,(H2,21,22,23). The molecule has 0 saturated carbocycles. The second-order valence-corrected chi connectivity index (χ2v) is 6.26. The van der Waals surface area contributed by atoms with Crippen LogP contribution in [-0.2, 0) is 17.9 Å². The van der Waals surface area contributed by atoms with Gasteiger partial charge in [0.25, 0.3) is 0 Å². The average molecular weight is 367 g/mol. The fraction of sp³-hybridized carbons (Fsp3) is 0.278. The molecule has 4 nitrogen and oxygen atoms in total. The lowest BCUT2D eigenvalue weighted by Gasteiger charge is -2.17. The summed E-state index contributed by atoms with van der Waals surface area (Å²) >= 11 is 12.1. The predicted octanol–water partition coefficient (Wildman–Crippen LogP) is 4.70. The Morgan fingerprint density at radius 2 is 1.88 bits per heavy atom. The van der Waals surface area contributed by atoms with Crippen molar-refractivity contribution < 1.29 is 9.53 Å². The van der Waals surface area contributed by atoms with Crippen LogP contribution in [-0.4, -0.2) is 13.1 Å². The van der Waals surface area contributed by atoms with Gasteiger partial charge < -0.3 is 15.4 Å². The fourth-order valence-electron chi connectivity index (χ4n) is 2.38. The van der Waals surface area contributed by atoms with Crippen LogP contribution in [0.25, 0.3) is 0 Å². The molecule has 24 heavy (non-hydrogen) atoms. The van der Waals surface area contributed by atoms with Crippen LogP contribution in [0.1, 0.15) is 29.7 Å². The van der Waals surface area contributed by atoms with Crippen LogP contribution in [0.3, 0.4) is 0 Å². The van der Waals surface area contributed by atoms with Crippen LogP contribution in [0, 0.1) is 0 Å². The van der Waals surface area contributed by atoms with Gasteiger partial charge in [0, 0.05) is 23.7 Å². The van der Waals surface area contributed by atoms with E-state index in [-0.39, 0.29) is 12.1 Å². The summed E-state index contributed by atoms with van der Waals surface area (Å²) in [5.74, 6) is 0. The van der Waals surface area contributed by atoms with E-state index in [0.717, 1.165) is 16.7 Å². The molecule has 0 aromatic heterocycles. The van der Waals surface area contributed by atoms with Gasteiger partial charge in [0.05, 0.1) is 12.6 Å². The Morgan fingerprint density at radius 1 is 1.17 bits per heavy atom. The molecule has 2 aromatic carbocycles. The summed E-state index contributed by atoms with van der Waals surface area (Å²) in [5, 5.41) is 6.82. The number of halogens is 2. The Hall–Kier alpha value is -1.75. The zero-order valence-corrected chi connectivity index (χ0v) is 15.1. The summed E-state index contributed by atoms with van der Waals surface area (Å²) in [7, 11) is 1.65. The van der Waals surface area contributed by atoms with Gasteiger partial charge in [0.1, 0.15) is 0 Å². The van der Waals surface area contributed by atoms with Crippen molar-refractivity contribution in [1.29, 1.82) is 0 Å². The number of hydrogen-bond acceptors (Lipinski definition) is 2. The molecule has 0 radical (unpaired) electrons. The minimum Gasteiger partial charge on any atom is -0.380 e. The quantitative estimate of drug-likeness (QED) is 0.778. The number of hydrogen-bond donors (Lipinski definition) is 2. The van der Waals surface area contributed by atoms with Gasteiger partial charge in [0.2, 0.25) is 0 Å². The van der Waals surface area contributed by atoms with Crippen LogP contribution in [0.4, 0.5) is 4.79 Å². The zero-order valence-electron chi connectivity index (χ0n) is 13.6. The summed E-state index contributed by atoms with van der Waals surface area (Å²) in [4.78, 5) is 12.1. The van der Waals surface area contributed by atoms with E-state index in [0.29, 0.717) is 23.2 Å². The van der Waals surface area contributed by atoms with Gasteiger partial charge in [-0.25, -0.2) is 4.79 Å². The van der Waals surface area contributed by atoms with E-state index in [1.165, 1.54) is 0 Å². The lowest BCUT2D eigenvalue weighted by atomic mass is 10.1. The van der Waals surface area contributed by atoms with E-state index in [2.05, 4.69) is 10.6 Å². The molecule has 6 heteroatoms. The normalized spacial score (nSPS) is 11.8. The molecule has 0 spiro atoms. The van der Waals surface area contributed by atoms with Crippen molar-refractivity contribution in [1.82, 2.24) is 10.6 Å². The molecule has 0 aliphatic carbocycles. The van der Waals surface area contributed by atoms with Gasteiger partial charge >= 0.3 is 6.03 Å². The molecular formula is C18H20Cl2N2O2. The largest absolute Gasteiger partial charge is 0.380 e. The maximum absolute atomic E-state index is 12.1. The number of carbonyl (C=O) groups is 1. The van der Waals surface area contributed by atoms with E-state index in [9.17, 15) is 4.79 Å². The minimum absolute atomic E-state index is 0.232. The molecule has 2 N–H and O–H groups in total. The van der Waals surface area contributed by atoms with Crippen LogP contribution < -0.4 is 10.6 Å². The van der Waals surface area contributed by atoms with Crippen molar-refractivity contribution in [3.63, 3.8) is 0 Å². The molecule has 1 atom stereocenters.